The average Bonchev–Trinajstić information content (AvgIpc) is 3.44. The van der Waals surface area contributed by atoms with Gasteiger partial charge in [-0.25, -0.2) is 5.06 Å². The highest BCUT2D eigenvalue weighted by Gasteiger charge is 2.32. The molecule has 2 aromatic carbocycles. The van der Waals surface area contributed by atoms with Gasteiger partial charge in [0, 0.05) is 0 Å². The Bertz CT molecular complexity index is 754. The molecule has 5 nitrogen and oxygen atoms in total. The Morgan fingerprint density at radius 3 is 2.42 bits per heavy atom. The van der Waals surface area contributed by atoms with Crippen molar-refractivity contribution in [2.45, 2.75) is 25.3 Å². The third kappa shape index (κ3) is 3.31. The Hall–Kier alpha value is -2.66. The van der Waals surface area contributed by atoms with Gasteiger partial charge >= 0.3 is 0 Å². The monoisotopic (exact) mass is 324 g/mol. The van der Waals surface area contributed by atoms with Gasteiger partial charge in [0.25, 0.3) is 5.91 Å². The van der Waals surface area contributed by atoms with Crippen LogP contribution in [0.25, 0.3) is 0 Å². The molecule has 0 atom stereocenters. The van der Waals surface area contributed by atoms with Crippen LogP contribution in [0.4, 0.5) is 0 Å². The first-order valence-electron chi connectivity index (χ1n) is 7.94. The lowest BCUT2D eigenvalue weighted by Gasteiger charge is -2.22. The Balaban J connectivity index is 1.97. The Morgan fingerprint density at radius 1 is 1.12 bits per heavy atom. The smallest absolute Gasteiger partial charge is 0.278 e. The van der Waals surface area contributed by atoms with Crippen molar-refractivity contribution in [2.24, 2.45) is 5.73 Å². The van der Waals surface area contributed by atoms with Crippen molar-refractivity contribution in [3.8, 4) is 0 Å². The number of primary amides is 1. The molecule has 3 rings (SSSR count). The third-order valence-electron chi connectivity index (χ3n) is 4.21. The zero-order valence-corrected chi connectivity index (χ0v) is 13.6. The topological polar surface area (TPSA) is 72.6 Å². The number of carbonyl (C=O) groups excluding carboxylic acids is 2. The zero-order valence-electron chi connectivity index (χ0n) is 13.6. The van der Waals surface area contributed by atoms with E-state index in [4.69, 9.17) is 10.6 Å². The number of carbonyl (C=O) groups is 2. The fourth-order valence-electron chi connectivity index (χ4n) is 2.84. The van der Waals surface area contributed by atoms with Gasteiger partial charge in [0.1, 0.15) is 0 Å². The number of benzene rings is 2. The van der Waals surface area contributed by atoms with E-state index >= 15 is 0 Å². The summed E-state index contributed by atoms with van der Waals surface area (Å²) >= 11 is 0. The first-order valence-corrected chi connectivity index (χ1v) is 7.94. The van der Waals surface area contributed by atoms with E-state index in [0.29, 0.717) is 18.0 Å². The summed E-state index contributed by atoms with van der Waals surface area (Å²) in [6, 6.07) is 14.8. The van der Waals surface area contributed by atoms with Crippen molar-refractivity contribution in [3.63, 3.8) is 0 Å². The summed E-state index contributed by atoms with van der Waals surface area (Å²) in [6.45, 7) is 0.299. The van der Waals surface area contributed by atoms with Crippen LogP contribution < -0.4 is 5.73 Å². The molecule has 2 aromatic rings. The Morgan fingerprint density at radius 2 is 1.83 bits per heavy atom. The molecular formula is C19H20N2O3. The fraction of sp³-hybridized carbons (Fsp3) is 0.263. The van der Waals surface area contributed by atoms with Crippen molar-refractivity contribution in [3.05, 3.63) is 70.8 Å². The molecule has 0 saturated heterocycles. The Kier molecular flexibility index (Phi) is 4.62. The number of hydrogen-bond donors (Lipinski definition) is 1. The lowest BCUT2D eigenvalue weighted by atomic mass is 9.96. The van der Waals surface area contributed by atoms with Gasteiger partial charge in [-0.05, 0) is 36.0 Å². The van der Waals surface area contributed by atoms with Crippen LogP contribution in [0.2, 0.25) is 0 Å². The molecule has 0 aliphatic heterocycles. The second kappa shape index (κ2) is 6.84. The normalized spacial score (nSPS) is 13.5. The van der Waals surface area contributed by atoms with Crippen LogP contribution in [-0.2, 0) is 11.4 Å². The van der Waals surface area contributed by atoms with Crippen molar-refractivity contribution >= 4 is 11.8 Å². The second-order valence-corrected chi connectivity index (χ2v) is 5.92. The summed E-state index contributed by atoms with van der Waals surface area (Å²) in [4.78, 5) is 30.1. The summed E-state index contributed by atoms with van der Waals surface area (Å²) in [5.41, 5.74) is 7.92. The van der Waals surface area contributed by atoms with Gasteiger partial charge in [-0.3, -0.25) is 14.4 Å². The molecule has 0 spiro atoms. The fourth-order valence-corrected chi connectivity index (χ4v) is 2.84. The standard InChI is InChI=1S/C19H20N2O3/c1-24-21(12-13-6-3-2-4-7-13)19(23)17-15(14-10-11-14)8-5-9-16(17)18(20)22/h2-9,14H,10-12H2,1H3,(H2,20,22). The van der Waals surface area contributed by atoms with Gasteiger partial charge in [0.15, 0.2) is 0 Å². The molecule has 0 aromatic heterocycles. The van der Waals surface area contributed by atoms with Crippen LogP contribution >= 0.6 is 0 Å². The number of rotatable bonds is 6. The summed E-state index contributed by atoms with van der Waals surface area (Å²) in [6.07, 6.45) is 2.04. The summed E-state index contributed by atoms with van der Waals surface area (Å²) in [7, 11) is 1.45. The van der Waals surface area contributed by atoms with Gasteiger partial charge in [0.05, 0.1) is 24.8 Å². The van der Waals surface area contributed by atoms with Gasteiger partial charge in [0.2, 0.25) is 5.91 Å². The molecule has 0 radical (unpaired) electrons. The summed E-state index contributed by atoms with van der Waals surface area (Å²) in [5.74, 6) is -0.618. The van der Waals surface area contributed by atoms with Crippen LogP contribution in [0, 0.1) is 0 Å². The lowest BCUT2D eigenvalue weighted by molar-refractivity contribution is -0.102. The summed E-state index contributed by atoms with van der Waals surface area (Å²) in [5, 5.41) is 1.27. The van der Waals surface area contributed by atoms with Crippen LogP contribution in [0.3, 0.4) is 0 Å². The second-order valence-electron chi connectivity index (χ2n) is 5.92. The molecule has 1 fully saturated rings. The highest BCUT2D eigenvalue weighted by Crippen LogP contribution is 2.42. The highest BCUT2D eigenvalue weighted by molar-refractivity contribution is 6.07. The third-order valence-corrected chi connectivity index (χ3v) is 4.21. The molecular weight excluding hydrogens is 304 g/mol. The van der Waals surface area contributed by atoms with E-state index in [1.807, 2.05) is 36.4 Å². The summed E-state index contributed by atoms with van der Waals surface area (Å²) < 4.78 is 0. The Labute approximate surface area is 141 Å². The molecule has 24 heavy (non-hydrogen) atoms. The minimum atomic E-state index is -0.600. The van der Waals surface area contributed by atoms with Crippen molar-refractivity contribution in [2.75, 3.05) is 7.11 Å². The van der Waals surface area contributed by atoms with Crippen molar-refractivity contribution in [1.82, 2.24) is 5.06 Å². The van der Waals surface area contributed by atoms with E-state index in [9.17, 15) is 9.59 Å². The van der Waals surface area contributed by atoms with Crippen LogP contribution in [-0.4, -0.2) is 24.0 Å². The molecule has 1 aliphatic carbocycles. The number of nitrogens with zero attached hydrogens (tertiary/aromatic N) is 1. The van der Waals surface area contributed by atoms with Crippen LogP contribution in [0.5, 0.6) is 0 Å². The number of hydrogen-bond acceptors (Lipinski definition) is 3. The van der Waals surface area contributed by atoms with E-state index in [-0.39, 0.29) is 11.5 Å². The van der Waals surface area contributed by atoms with Gasteiger partial charge in [-0.2, -0.15) is 0 Å². The van der Waals surface area contributed by atoms with Crippen LogP contribution in [0.1, 0.15) is 50.6 Å². The molecule has 0 heterocycles. The molecule has 1 aliphatic rings. The number of hydroxylamine groups is 2. The highest BCUT2D eigenvalue weighted by atomic mass is 16.7. The van der Waals surface area contributed by atoms with E-state index in [0.717, 1.165) is 24.0 Å². The lowest BCUT2D eigenvalue weighted by Crippen LogP contribution is -2.32. The van der Waals surface area contributed by atoms with E-state index < -0.39 is 5.91 Å². The van der Waals surface area contributed by atoms with E-state index in [1.165, 1.54) is 12.2 Å². The molecule has 2 amide bonds. The first-order chi connectivity index (χ1) is 11.6. The minimum Gasteiger partial charge on any atom is -0.366 e. The average molecular weight is 324 g/mol. The van der Waals surface area contributed by atoms with Gasteiger partial charge < -0.3 is 5.73 Å². The number of amides is 2. The molecule has 0 bridgehead atoms. The molecule has 0 unspecified atom stereocenters. The largest absolute Gasteiger partial charge is 0.366 e. The predicted octanol–water partition coefficient (Wildman–Crippen LogP) is 2.87. The zero-order chi connectivity index (χ0) is 17.1. The molecule has 124 valence electrons. The SMILES string of the molecule is CON(Cc1ccccc1)C(=O)c1c(C(N)=O)cccc1C1CC1. The van der Waals surface area contributed by atoms with Crippen molar-refractivity contribution in [1.29, 1.82) is 0 Å². The molecule has 1 saturated carbocycles. The van der Waals surface area contributed by atoms with Crippen molar-refractivity contribution < 1.29 is 14.4 Å². The van der Waals surface area contributed by atoms with Gasteiger partial charge in [-0.15, -0.1) is 0 Å². The quantitative estimate of drug-likeness (QED) is 0.830. The van der Waals surface area contributed by atoms with Crippen LogP contribution in [0.15, 0.2) is 48.5 Å². The maximum absolute atomic E-state index is 13.1. The van der Waals surface area contributed by atoms with E-state index in [2.05, 4.69) is 0 Å². The predicted molar refractivity (Wildman–Crippen MR) is 90.3 cm³/mol. The first kappa shape index (κ1) is 16.2. The maximum atomic E-state index is 13.1. The van der Waals surface area contributed by atoms with Gasteiger partial charge in [-0.1, -0.05) is 42.5 Å². The van der Waals surface area contributed by atoms with E-state index in [1.54, 1.807) is 12.1 Å². The molecule has 2 N–H and O–H groups in total. The maximum Gasteiger partial charge on any atom is 0.278 e. The molecule has 5 heteroatoms. The minimum absolute atomic E-state index is 0.250. The number of nitrogens with two attached hydrogens (primary N) is 1.